The fourth-order valence-corrected chi connectivity index (χ4v) is 1.80. The van der Waals surface area contributed by atoms with E-state index in [1.165, 1.54) is 13.1 Å². The van der Waals surface area contributed by atoms with Gasteiger partial charge in [0, 0.05) is 19.0 Å². The van der Waals surface area contributed by atoms with Crippen molar-refractivity contribution in [3.8, 4) is 0 Å². The van der Waals surface area contributed by atoms with Crippen LogP contribution in [-0.2, 0) is 11.2 Å². The largest absolute Gasteiger partial charge is 0.478 e. The Morgan fingerprint density at radius 2 is 2.21 bits per heavy atom. The molecule has 0 aliphatic heterocycles. The van der Waals surface area contributed by atoms with Crippen molar-refractivity contribution in [1.82, 2.24) is 10.2 Å². The van der Waals surface area contributed by atoms with Gasteiger partial charge in [0.15, 0.2) is 0 Å². The molecule has 0 fully saturated rings. The number of anilines is 1. The molecule has 2 rings (SSSR count). The third-order valence-corrected chi connectivity index (χ3v) is 2.58. The minimum absolute atomic E-state index is 0.148. The van der Waals surface area contributed by atoms with Gasteiger partial charge in [0.1, 0.15) is 5.56 Å². The molecule has 1 heterocycles. The van der Waals surface area contributed by atoms with E-state index < -0.39 is 5.97 Å². The molecular formula is C13H13N3O3. The van der Waals surface area contributed by atoms with Crippen LogP contribution in [0.4, 0.5) is 5.69 Å². The first-order valence-corrected chi connectivity index (χ1v) is 5.68. The van der Waals surface area contributed by atoms with Gasteiger partial charge in [0.25, 0.3) is 0 Å². The van der Waals surface area contributed by atoms with E-state index in [1.54, 1.807) is 18.2 Å². The number of amides is 1. The molecule has 0 aliphatic rings. The molecular weight excluding hydrogens is 246 g/mol. The highest BCUT2D eigenvalue weighted by Crippen LogP contribution is 2.15. The van der Waals surface area contributed by atoms with Gasteiger partial charge in [0.05, 0.1) is 11.9 Å². The molecule has 6 nitrogen and oxygen atoms in total. The van der Waals surface area contributed by atoms with Gasteiger partial charge in [0.2, 0.25) is 5.91 Å². The Kier molecular flexibility index (Phi) is 3.61. The first-order chi connectivity index (χ1) is 9.06. The van der Waals surface area contributed by atoms with Crippen LogP contribution >= 0.6 is 0 Å². The third kappa shape index (κ3) is 3.19. The molecule has 6 heteroatoms. The van der Waals surface area contributed by atoms with Gasteiger partial charge in [-0.2, -0.15) is 5.10 Å². The lowest BCUT2D eigenvalue weighted by molar-refractivity contribution is -0.114. The van der Waals surface area contributed by atoms with Crippen molar-refractivity contribution in [3.05, 3.63) is 47.3 Å². The second-order valence-corrected chi connectivity index (χ2v) is 4.13. The summed E-state index contributed by atoms with van der Waals surface area (Å²) >= 11 is 0. The van der Waals surface area contributed by atoms with E-state index in [0.717, 1.165) is 5.56 Å². The number of carboxylic acid groups (broad SMARTS) is 1. The zero-order valence-electron chi connectivity index (χ0n) is 10.3. The van der Waals surface area contributed by atoms with Gasteiger partial charge in [-0.1, -0.05) is 12.1 Å². The minimum atomic E-state index is -1.01. The minimum Gasteiger partial charge on any atom is -0.478 e. The van der Waals surface area contributed by atoms with E-state index in [1.807, 2.05) is 6.07 Å². The van der Waals surface area contributed by atoms with Gasteiger partial charge in [-0.05, 0) is 17.7 Å². The van der Waals surface area contributed by atoms with Crippen molar-refractivity contribution in [2.24, 2.45) is 0 Å². The van der Waals surface area contributed by atoms with Gasteiger partial charge < -0.3 is 10.4 Å². The average Bonchev–Trinajstić information content (AvgIpc) is 2.76. The summed E-state index contributed by atoms with van der Waals surface area (Å²) in [6, 6.07) is 7.24. The number of carboxylic acids is 1. The number of aromatic carboxylic acids is 1. The Hall–Kier alpha value is -2.63. The van der Waals surface area contributed by atoms with Crippen molar-refractivity contribution >= 4 is 17.6 Å². The maximum Gasteiger partial charge on any atom is 0.339 e. The summed E-state index contributed by atoms with van der Waals surface area (Å²) < 4.78 is 0. The van der Waals surface area contributed by atoms with Crippen LogP contribution in [0.3, 0.4) is 0 Å². The normalized spacial score (nSPS) is 10.2. The van der Waals surface area contributed by atoms with Crippen LogP contribution in [0, 0.1) is 0 Å². The van der Waals surface area contributed by atoms with Crippen LogP contribution in [0.2, 0.25) is 0 Å². The fourth-order valence-electron chi connectivity index (χ4n) is 1.80. The summed E-state index contributed by atoms with van der Waals surface area (Å²) in [7, 11) is 0. The third-order valence-electron chi connectivity index (χ3n) is 2.58. The lowest BCUT2D eigenvalue weighted by Gasteiger charge is -2.05. The lowest BCUT2D eigenvalue weighted by Crippen LogP contribution is -2.06. The van der Waals surface area contributed by atoms with E-state index in [-0.39, 0.29) is 11.5 Å². The number of H-pyrrole nitrogens is 1. The maximum absolute atomic E-state index is 11.0. The predicted molar refractivity (Wildman–Crippen MR) is 69.1 cm³/mol. The number of aromatic amines is 1. The number of carbonyl (C=O) groups excluding carboxylic acids is 1. The van der Waals surface area contributed by atoms with Crippen LogP contribution in [0.5, 0.6) is 0 Å². The smallest absolute Gasteiger partial charge is 0.339 e. The second kappa shape index (κ2) is 5.34. The summed E-state index contributed by atoms with van der Waals surface area (Å²) in [5, 5.41) is 18.1. The summed E-state index contributed by atoms with van der Waals surface area (Å²) in [4.78, 5) is 21.9. The van der Waals surface area contributed by atoms with Crippen molar-refractivity contribution in [2.75, 3.05) is 5.32 Å². The lowest BCUT2D eigenvalue weighted by atomic mass is 10.1. The van der Waals surface area contributed by atoms with Crippen molar-refractivity contribution < 1.29 is 14.7 Å². The molecule has 0 atom stereocenters. The first kappa shape index (κ1) is 12.8. The standard InChI is InChI=1S/C13H13N3O3/c1-8(17)15-10-4-2-3-9(5-10)6-12-11(13(18)19)7-14-16-12/h2-5,7H,6H2,1H3,(H,14,16)(H,15,17)(H,18,19). The average molecular weight is 259 g/mol. The Labute approximate surface area is 109 Å². The molecule has 0 aliphatic carbocycles. The number of rotatable bonds is 4. The topological polar surface area (TPSA) is 95.1 Å². The number of benzene rings is 1. The molecule has 0 saturated carbocycles. The predicted octanol–water partition coefficient (Wildman–Crippen LogP) is 1.66. The highest BCUT2D eigenvalue weighted by atomic mass is 16.4. The summed E-state index contributed by atoms with van der Waals surface area (Å²) in [6.45, 7) is 1.43. The van der Waals surface area contributed by atoms with Crippen molar-refractivity contribution in [1.29, 1.82) is 0 Å². The molecule has 1 aromatic carbocycles. The van der Waals surface area contributed by atoms with Gasteiger partial charge in [-0.3, -0.25) is 9.89 Å². The summed E-state index contributed by atoms with van der Waals surface area (Å²) in [5.41, 5.74) is 2.26. The Morgan fingerprint density at radius 3 is 2.89 bits per heavy atom. The molecule has 0 radical (unpaired) electrons. The SMILES string of the molecule is CC(=O)Nc1cccc(Cc2[nH]ncc2C(=O)O)c1. The Balaban J connectivity index is 2.21. The Bertz CT molecular complexity index is 619. The number of nitrogens with zero attached hydrogens (tertiary/aromatic N) is 1. The van der Waals surface area contributed by atoms with Crippen LogP contribution < -0.4 is 5.32 Å². The number of aromatic nitrogens is 2. The zero-order chi connectivity index (χ0) is 13.8. The van der Waals surface area contributed by atoms with E-state index >= 15 is 0 Å². The van der Waals surface area contributed by atoms with Gasteiger partial charge in [-0.15, -0.1) is 0 Å². The Morgan fingerprint density at radius 1 is 1.42 bits per heavy atom. The fraction of sp³-hybridized carbons (Fsp3) is 0.154. The number of nitrogens with one attached hydrogen (secondary N) is 2. The van der Waals surface area contributed by atoms with Gasteiger partial charge in [-0.25, -0.2) is 4.79 Å². The molecule has 0 saturated heterocycles. The molecule has 19 heavy (non-hydrogen) atoms. The summed E-state index contributed by atoms with van der Waals surface area (Å²) in [5.74, 6) is -1.16. The molecule has 0 unspecified atom stereocenters. The molecule has 1 amide bonds. The quantitative estimate of drug-likeness (QED) is 0.778. The second-order valence-electron chi connectivity index (χ2n) is 4.13. The van der Waals surface area contributed by atoms with E-state index in [4.69, 9.17) is 5.11 Å². The van der Waals surface area contributed by atoms with E-state index in [0.29, 0.717) is 17.8 Å². The van der Waals surface area contributed by atoms with Gasteiger partial charge >= 0.3 is 5.97 Å². The van der Waals surface area contributed by atoms with Crippen molar-refractivity contribution in [3.63, 3.8) is 0 Å². The first-order valence-electron chi connectivity index (χ1n) is 5.68. The molecule has 2 aromatic rings. The summed E-state index contributed by atoms with van der Waals surface area (Å²) in [6.07, 6.45) is 1.70. The molecule has 0 spiro atoms. The highest BCUT2D eigenvalue weighted by molar-refractivity contribution is 5.89. The monoisotopic (exact) mass is 259 g/mol. The molecule has 3 N–H and O–H groups in total. The molecule has 98 valence electrons. The number of carbonyl (C=O) groups is 2. The van der Waals surface area contributed by atoms with Crippen LogP contribution in [0.15, 0.2) is 30.5 Å². The van der Waals surface area contributed by atoms with E-state index in [9.17, 15) is 9.59 Å². The maximum atomic E-state index is 11.0. The van der Waals surface area contributed by atoms with Crippen LogP contribution in [0.1, 0.15) is 28.5 Å². The van der Waals surface area contributed by atoms with Crippen LogP contribution in [0.25, 0.3) is 0 Å². The molecule has 0 bridgehead atoms. The van der Waals surface area contributed by atoms with E-state index in [2.05, 4.69) is 15.5 Å². The number of hydrogen-bond acceptors (Lipinski definition) is 3. The van der Waals surface area contributed by atoms with Crippen molar-refractivity contribution in [2.45, 2.75) is 13.3 Å². The molecule has 1 aromatic heterocycles. The van der Waals surface area contributed by atoms with Crippen LogP contribution in [-0.4, -0.2) is 27.2 Å². The number of hydrogen-bond donors (Lipinski definition) is 3. The highest BCUT2D eigenvalue weighted by Gasteiger charge is 2.12. The zero-order valence-corrected chi connectivity index (χ0v) is 10.3.